The highest BCUT2D eigenvalue weighted by atomic mass is 16.4. The van der Waals surface area contributed by atoms with Crippen molar-refractivity contribution in [2.24, 2.45) is 5.41 Å². The fourth-order valence-corrected chi connectivity index (χ4v) is 2.90. The fraction of sp³-hybridized carbons (Fsp3) is 0.444. The number of carbonyl (C=O) groups excluding carboxylic acids is 1. The van der Waals surface area contributed by atoms with E-state index in [-0.39, 0.29) is 35.0 Å². The van der Waals surface area contributed by atoms with Crippen molar-refractivity contribution in [2.75, 3.05) is 5.73 Å². The van der Waals surface area contributed by atoms with Gasteiger partial charge in [-0.3, -0.25) is 14.2 Å². The van der Waals surface area contributed by atoms with Crippen molar-refractivity contribution in [3.63, 3.8) is 0 Å². The minimum Gasteiger partial charge on any atom is -0.492 e. The van der Waals surface area contributed by atoms with Crippen LogP contribution in [0.15, 0.2) is 10.9 Å². The molecule has 3 rings (SSSR count). The second kappa shape index (κ2) is 6.70. The molecule has 0 unspecified atom stereocenters. The molecule has 0 spiro atoms. The summed E-state index contributed by atoms with van der Waals surface area (Å²) in [6.07, 6.45) is 3.72. The third-order valence-electron chi connectivity index (χ3n) is 4.23. The van der Waals surface area contributed by atoms with Gasteiger partial charge in [-0.2, -0.15) is 4.52 Å². The lowest BCUT2D eigenvalue weighted by molar-refractivity contribution is -0.131. The number of carboxylic acid groups (broad SMARTS) is 1. The van der Waals surface area contributed by atoms with Gasteiger partial charge in [-0.05, 0) is 24.3 Å². The zero-order valence-corrected chi connectivity index (χ0v) is 15.9. The highest BCUT2D eigenvalue weighted by molar-refractivity contribution is 5.97. The zero-order chi connectivity index (χ0) is 20.8. The number of nitrogens with two attached hydrogens (primary N) is 1. The number of hydrogen-bond acceptors (Lipinski definition) is 6. The van der Waals surface area contributed by atoms with Gasteiger partial charge in [0, 0.05) is 18.7 Å². The van der Waals surface area contributed by atoms with Crippen LogP contribution in [0.3, 0.4) is 0 Å². The van der Waals surface area contributed by atoms with Crippen molar-refractivity contribution in [3.8, 4) is 5.88 Å². The average molecular weight is 389 g/mol. The molecule has 2 aromatic rings. The molecule has 0 aromatic carbocycles. The summed E-state index contributed by atoms with van der Waals surface area (Å²) in [5.74, 6) is -2.58. The molecule has 1 aliphatic rings. The topological polar surface area (TPSA) is 152 Å². The van der Waals surface area contributed by atoms with Crippen LogP contribution in [0.5, 0.6) is 5.88 Å². The lowest BCUT2D eigenvalue weighted by atomic mass is 9.96. The normalized spacial score (nSPS) is 14.7. The predicted molar refractivity (Wildman–Crippen MR) is 102 cm³/mol. The van der Waals surface area contributed by atoms with Gasteiger partial charge in [0.05, 0.1) is 5.56 Å². The van der Waals surface area contributed by atoms with Crippen molar-refractivity contribution in [1.29, 1.82) is 0 Å². The van der Waals surface area contributed by atoms with E-state index in [1.807, 2.05) is 20.8 Å². The number of anilines is 1. The van der Waals surface area contributed by atoms with E-state index in [1.165, 1.54) is 10.6 Å². The van der Waals surface area contributed by atoms with Crippen LogP contribution in [0.2, 0.25) is 0 Å². The van der Waals surface area contributed by atoms with Gasteiger partial charge < -0.3 is 21.3 Å². The van der Waals surface area contributed by atoms with E-state index in [2.05, 4.69) is 10.4 Å². The number of aliphatic carboxylic acids is 1. The third-order valence-corrected chi connectivity index (χ3v) is 4.23. The molecule has 1 saturated carbocycles. The Hall–Kier alpha value is -3.30. The number of hydrogen-bond donors (Lipinski definition) is 4. The van der Waals surface area contributed by atoms with Crippen molar-refractivity contribution in [3.05, 3.63) is 27.6 Å². The maximum Gasteiger partial charge on any atom is 0.328 e. The van der Waals surface area contributed by atoms with Crippen LogP contribution < -0.4 is 16.6 Å². The Kier molecular flexibility index (Phi) is 4.66. The van der Waals surface area contributed by atoms with Crippen LogP contribution >= 0.6 is 0 Å². The summed E-state index contributed by atoms with van der Waals surface area (Å²) in [7, 11) is 0. The van der Waals surface area contributed by atoms with Crippen LogP contribution in [0, 0.1) is 5.41 Å². The van der Waals surface area contributed by atoms with Gasteiger partial charge in [-0.1, -0.05) is 20.8 Å². The SMILES string of the molecule is CC(C)(C)Cn1c(=O)c(C(=O)NC2CC2)c(O)n2nc(N)c(/C=C/C(=O)O)c12. The second-order valence-electron chi connectivity index (χ2n) is 8.10. The Morgan fingerprint density at radius 3 is 2.54 bits per heavy atom. The van der Waals surface area contributed by atoms with Crippen molar-refractivity contribution < 1.29 is 19.8 Å². The number of nitrogens with zero attached hydrogens (tertiary/aromatic N) is 3. The summed E-state index contributed by atoms with van der Waals surface area (Å²) in [6.45, 7) is 5.90. The van der Waals surface area contributed by atoms with E-state index in [9.17, 15) is 19.5 Å². The summed E-state index contributed by atoms with van der Waals surface area (Å²) in [4.78, 5) is 36.6. The van der Waals surface area contributed by atoms with Gasteiger partial charge >= 0.3 is 5.97 Å². The molecule has 28 heavy (non-hydrogen) atoms. The van der Waals surface area contributed by atoms with Crippen LogP contribution in [0.4, 0.5) is 5.82 Å². The molecule has 10 heteroatoms. The Bertz CT molecular complexity index is 1050. The molecule has 1 amide bonds. The number of nitrogens with one attached hydrogen (secondary N) is 1. The average Bonchev–Trinajstić information content (AvgIpc) is 3.30. The highest BCUT2D eigenvalue weighted by Crippen LogP contribution is 2.27. The minimum atomic E-state index is -1.20. The zero-order valence-electron chi connectivity index (χ0n) is 15.9. The molecule has 0 saturated heterocycles. The van der Waals surface area contributed by atoms with Crippen molar-refractivity contribution in [2.45, 2.75) is 46.2 Å². The monoisotopic (exact) mass is 389 g/mol. The predicted octanol–water partition coefficient (Wildman–Crippen LogP) is 0.820. The molecule has 0 aliphatic heterocycles. The quantitative estimate of drug-likeness (QED) is 0.552. The van der Waals surface area contributed by atoms with Crippen molar-refractivity contribution >= 4 is 29.4 Å². The number of nitrogen functional groups attached to an aromatic ring is 1. The summed E-state index contributed by atoms with van der Waals surface area (Å²) in [6, 6.07) is -0.00480. The van der Waals surface area contributed by atoms with Gasteiger partial charge in [0.1, 0.15) is 0 Å². The number of carbonyl (C=O) groups is 2. The summed E-state index contributed by atoms with van der Waals surface area (Å²) in [5, 5.41) is 26.2. The first-order valence-corrected chi connectivity index (χ1v) is 8.85. The van der Waals surface area contributed by atoms with Crippen LogP contribution in [-0.4, -0.2) is 42.3 Å². The Labute approximate surface area is 160 Å². The Morgan fingerprint density at radius 2 is 2.00 bits per heavy atom. The molecule has 2 heterocycles. The van der Waals surface area contributed by atoms with Crippen LogP contribution in [0.25, 0.3) is 11.7 Å². The molecule has 0 atom stereocenters. The molecule has 10 nitrogen and oxygen atoms in total. The Balaban J connectivity index is 2.32. The molecule has 0 radical (unpaired) electrons. The molecule has 2 aromatic heterocycles. The molecule has 1 fully saturated rings. The molecule has 0 bridgehead atoms. The molecule has 1 aliphatic carbocycles. The third kappa shape index (κ3) is 3.71. The minimum absolute atomic E-state index is 0.00480. The summed E-state index contributed by atoms with van der Waals surface area (Å²) >= 11 is 0. The summed E-state index contributed by atoms with van der Waals surface area (Å²) < 4.78 is 2.30. The lowest BCUT2D eigenvalue weighted by Crippen LogP contribution is -2.37. The number of aromatic hydroxyl groups is 1. The van der Waals surface area contributed by atoms with E-state index in [1.54, 1.807) is 0 Å². The van der Waals surface area contributed by atoms with E-state index in [4.69, 9.17) is 10.8 Å². The van der Waals surface area contributed by atoms with Gasteiger partial charge in [0.25, 0.3) is 11.5 Å². The first-order valence-electron chi connectivity index (χ1n) is 8.85. The number of rotatable bonds is 5. The fourth-order valence-electron chi connectivity index (χ4n) is 2.90. The number of fused-ring (bicyclic) bond motifs is 1. The molecular formula is C18H23N5O5. The number of aromatic nitrogens is 3. The molecule has 5 N–H and O–H groups in total. The number of carboxylic acids is 1. The van der Waals surface area contributed by atoms with Gasteiger partial charge in [0.2, 0.25) is 5.88 Å². The maximum atomic E-state index is 13.1. The van der Waals surface area contributed by atoms with Crippen LogP contribution in [0.1, 0.15) is 49.5 Å². The second-order valence-corrected chi connectivity index (χ2v) is 8.10. The van der Waals surface area contributed by atoms with Gasteiger partial charge in [-0.25, -0.2) is 4.79 Å². The smallest absolute Gasteiger partial charge is 0.328 e. The van der Waals surface area contributed by atoms with Gasteiger partial charge in [-0.15, -0.1) is 5.10 Å². The van der Waals surface area contributed by atoms with Crippen molar-refractivity contribution in [1.82, 2.24) is 19.5 Å². The maximum absolute atomic E-state index is 13.1. The van der Waals surface area contributed by atoms with Crippen LogP contribution in [-0.2, 0) is 11.3 Å². The first kappa shape index (κ1) is 19.5. The summed E-state index contributed by atoms with van der Waals surface area (Å²) in [5.41, 5.74) is 4.73. The largest absolute Gasteiger partial charge is 0.492 e. The van der Waals surface area contributed by atoms with E-state index in [0.29, 0.717) is 0 Å². The standard InChI is InChI=1S/C18H23N5O5/c1-18(2,3)8-22-15-10(6-7-11(24)25)13(19)21-23(15)17(28)12(16(22)27)14(26)20-9-4-5-9/h6-7,9,28H,4-5,8H2,1-3H3,(H2,19,21)(H,20,26)(H,24,25)/b7-6+. The first-order chi connectivity index (χ1) is 13.0. The van der Waals surface area contributed by atoms with Gasteiger partial charge in [0.15, 0.2) is 17.0 Å². The van der Waals surface area contributed by atoms with E-state index < -0.39 is 28.9 Å². The molecular weight excluding hydrogens is 366 g/mol. The molecule has 150 valence electrons. The van der Waals surface area contributed by atoms with E-state index >= 15 is 0 Å². The lowest BCUT2D eigenvalue weighted by Gasteiger charge is -2.22. The van der Waals surface area contributed by atoms with E-state index in [0.717, 1.165) is 23.4 Å². The highest BCUT2D eigenvalue weighted by Gasteiger charge is 2.31. The Morgan fingerprint density at radius 1 is 1.36 bits per heavy atom. The number of amides is 1.